The van der Waals surface area contributed by atoms with Crippen LogP contribution in [-0.4, -0.2) is 53.4 Å². The average molecular weight is 271 g/mol. The summed E-state index contributed by atoms with van der Waals surface area (Å²) in [6, 6.07) is 0.118. The van der Waals surface area contributed by atoms with E-state index in [0.717, 1.165) is 17.9 Å². The third-order valence-corrected chi connectivity index (χ3v) is 3.25. The van der Waals surface area contributed by atoms with Gasteiger partial charge in [-0.05, 0) is 21.0 Å². The van der Waals surface area contributed by atoms with Crippen LogP contribution in [0.15, 0.2) is 0 Å². The monoisotopic (exact) mass is 271 g/mol. The van der Waals surface area contributed by atoms with Crippen molar-refractivity contribution < 1.29 is 14.7 Å². The molecule has 1 rings (SSSR count). The number of hydrogen-bond donors (Lipinski definition) is 2. The molecule has 1 unspecified atom stereocenters. The Hall–Kier alpha value is -1.47. The molecule has 2 N–H and O–H groups in total. The van der Waals surface area contributed by atoms with Gasteiger partial charge in [0.2, 0.25) is 0 Å². The van der Waals surface area contributed by atoms with Crippen molar-refractivity contribution in [3.05, 3.63) is 10.6 Å². The van der Waals surface area contributed by atoms with Gasteiger partial charge in [0, 0.05) is 19.5 Å². The number of rotatable bonds is 6. The number of likely N-dealkylation sites (N-methyl/N-ethyl adjacent to an activating group) is 1. The summed E-state index contributed by atoms with van der Waals surface area (Å²) in [6.07, 6.45) is 0. The van der Waals surface area contributed by atoms with Crippen molar-refractivity contribution in [3.63, 3.8) is 0 Å². The standard InChI is InChI=1S/C11H17N3O3S/c1-6(5-14(3)4)12-11-13-8(10(16)17)9(18-11)7(2)15/h6H,5H2,1-4H3,(H,12,13)(H,16,17). The van der Waals surface area contributed by atoms with Gasteiger partial charge < -0.3 is 15.3 Å². The van der Waals surface area contributed by atoms with Crippen molar-refractivity contribution in [2.75, 3.05) is 26.0 Å². The Morgan fingerprint density at radius 3 is 2.50 bits per heavy atom. The lowest BCUT2D eigenvalue weighted by molar-refractivity contribution is 0.0687. The summed E-state index contributed by atoms with van der Waals surface area (Å²) in [5, 5.41) is 12.5. The van der Waals surface area contributed by atoms with Crippen LogP contribution < -0.4 is 5.32 Å². The fourth-order valence-electron chi connectivity index (χ4n) is 1.57. The normalized spacial score (nSPS) is 12.5. The molecule has 0 amide bonds. The highest BCUT2D eigenvalue weighted by atomic mass is 32.1. The van der Waals surface area contributed by atoms with Crippen LogP contribution in [0.4, 0.5) is 5.13 Å². The van der Waals surface area contributed by atoms with E-state index < -0.39 is 5.97 Å². The highest BCUT2D eigenvalue weighted by Gasteiger charge is 2.21. The summed E-state index contributed by atoms with van der Waals surface area (Å²) in [5.41, 5.74) is -0.174. The largest absolute Gasteiger partial charge is 0.476 e. The van der Waals surface area contributed by atoms with E-state index in [1.807, 2.05) is 25.9 Å². The molecule has 0 aliphatic heterocycles. The van der Waals surface area contributed by atoms with Crippen LogP contribution in [0.25, 0.3) is 0 Å². The van der Waals surface area contributed by atoms with Crippen molar-refractivity contribution >= 4 is 28.2 Å². The number of hydrogen-bond acceptors (Lipinski definition) is 6. The van der Waals surface area contributed by atoms with Gasteiger partial charge >= 0.3 is 5.97 Å². The molecule has 18 heavy (non-hydrogen) atoms. The Morgan fingerprint density at radius 1 is 1.50 bits per heavy atom. The molecule has 7 heteroatoms. The van der Waals surface area contributed by atoms with Crippen molar-refractivity contribution in [1.82, 2.24) is 9.88 Å². The molecule has 0 spiro atoms. The van der Waals surface area contributed by atoms with Crippen LogP contribution in [0.1, 0.15) is 34.0 Å². The van der Waals surface area contributed by atoms with Crippen LogP contribution in [0, 0.1) is 0 Å². The topological polar surface area (TPSA) is 82.5 Å². The van der Waals surface area contributed by atoms with Crippen LogP contribution >= 0.6 is 11.3 Å². The van der Waals surface area contributed by atoms with E-state index in [2.05, 4.69) is 10.3 Å². The van der Waals surface area contributed by atoms with E-state index in [9.17, 15) is 9.59 Å². The first-order valence-electron chi connectivity index (χ1n) is 5.47. The molecule has 0 aromatic carbocycles. The summed E-state index contributed by atoms with van der Waals surface area (Å²) in [7, 11) is 3.90. The first kappa shape index (κ1) is 14.6. The molecule has 0 bridgehead atoms. The zero-order chi connectivity index (χ0) is 13.9. The lowest BCUT2D eigenvalue weighted by atomic mass is 10.3. The smallest absolute Gasteiger partial charge is 0.356 e. The fourth-order valence-corrected chi connectivity index (χ4v) is 2.53. The minimum atomic E-state index is -1.18. The van der Waals surface area contributed by atoms with Gasteiger partial charge in [-0.25, -0.2) is 9.78 Å². The first-order valence-corrected chi connectivity index (χ1v) is 6.29. The van der Waals surface area contributed by atoms with Crippen LogP contribution in [-0.2, 0) is 0 Å². The minimum Gasteiger partial charge on any atom is -0.476 e. The van der Waals surface area contributed by atoms with Crippen molar-refractivity contribution in [3.8, 4) is 0 Å². The Labute approximate surface area is 110 Å². The highest BCUT2D eigenvalue weighted by molar-refractivity contribution is 7.17. The zero-order valence-electron chi connectivity index (χ0n) is 10.9. The van der Waals surface area contributed by atoms with Gasteiger partial charge in [0.1, 0.15) is 4.88 Å². The maximum absolute atomic E-state index is 11.3. The second kappa shape index (κ2) is 5.92. The number of aromatic carboxylic acids is 1. The SMILES string of the molecule is CC(=O)c1sc(NC(C)CN(C)C)nc1C(=O)O. The van der Waals surface area contributed by atoms with E-state index in [0.29, 0.717) is 5.13 Å². The number of ketones is 1. The van der Waals surface area contributed by atoms with Gasteiger partial charge in [-0.1, -0.05) is 11.3 Å². The van der Waals surface area contributed by atoms with Gasteiger partial charge in [0.05, 0.1) is 0 Å². The maximum atomic E-state index is 11.3. The summed E-state index contributed by atoms with van der Waals surface area (Å²) in [6.45, 7) is 4.10. The molecule has 6 nitrogen and oxygen atoms in total. The Balaban J connectivity index is 2.88. The van der Waals surface area contributed by atoms with Gasteiger partial charge in [-0.15, -0.1) is 0 Å². The second-order valence-corrected chi connectivity index (χ2v) is 5.36. The van der Waals surface area contributed by atoms with Crippen LogP contribution in [0.3, 0.4) is 0 Å². The predicted octanol–water partition coefficient (Wildman–Crippen LogP) is 1.41. The second-order valence-electron chi connectivity index (χ2n) is 4.37. The molecule has 0 fully saturated rings. The molecule has 0 saturated heterocycles. The number of Topliss-reactive ketones (excluding diaryl/α,β-unsaturated/α-hetero) is 1. The van der Waals surface area contributed by atoms with Crippen molar-refractivity contribution in [2.45, 2.75) is 19.9 Å². The molecule has 100 valence electrons. The van der Waals surface area contributed by atoms with Gasteiger partial charge in [-0.3, -0.25) is 4.79 Å². The summed E-state index contributed by atoms with van der Waals surface area (Å²) in [5.74, 6) is -1.46. The molecule has 1 aromatic rings. The van der Waals surface area contributed by atoms with Crippen LogP contribution in [0.2, 0.25) is 0 Å². The average Bonchev–Trinajstić information content (AvgIpc) is 2.60. The molecular formula is C11H17N3O3S. The first-order chi connectivity index (χ1) is 8.31. The number of carboxylic acid groups (broad SMARTS) is 1. The molecule has 0 radical (unpaired) electrons. The zero-order valence-corrected chi connectivity index (χ0v) is 11.7. The number of carboxylic acids is 1. The van der Waals surface area contributed by atoms with E-state index in [4.69, 9.17) is 5.11 Å². The Morgan fingerprint density at radius 2 is 2.11 bits per heavy atom. The van der Waals surface area contributed by atoms with Crippen LogP contribution in [0.5, 0.6) is 0 Å². The minimum absolute atomic E-state index is 0.118. The predicted molar refractivity (Wildman–Crippen MR) is 70.7 cm³/mol. The molecule has 1 heterocycles. The van der Waals surface area contributed by atoms with E-state index in [-0.39, 0.29) is 22.4 Å². The van der Waals surface area contributed by atoms with Gasteiger partial charge in [0.15, 0.2) is 16.6 Å². The number of nitrogens with one attached hydrogen (secondary N) is 1. The van der Waals surface area contributed by atoms with Gasteiger partial charge in [-0.2, -0.15) is 0 Å². The molecule has 0 aliphatic rings. The van der Waals surface area contributed by atoms with E-state index >= 15 is 0 Å². The number of anilines is 1. The lowest BCUT2D eigenvalue weighted by Gasteiger charge is -2.17. The quantitative estimate of drug-likeness (QED) is 0.761. The Bertz CT molecular complexity index is 425. The van der Waals surface area contributed by atoms with E-state index in [1.165, 1.54) is 6.92 Å². The summed E-state index contributed by atoms with van der Waals surface area (Å²) in [4.78, 5) is 28.4. The maximum Gasteiger partial charge on any atom is 0.356 e. The lowest BCUT2D eigenvalue weighted by Crippen LogP contribution is -2.29. The highest BCUT2D eigenvalue weighted by Crippen LogP contribution is 2.24. The number of aromatic nitrogens is 1. The number of carbonyl (C=O) groups excluding carboxylic acids is 1. The number of thiazole rings is 1. The molecule has 0 aliphatic carbocycles. The third-order valence-electron chi connectivity index (χ3n) is 2.16. The Kier molecular flexibility index (Phi) is 4.80. The molecule has 1 atom stereocenters. The fraction of sp³-hybridized carbons (Fsp3) is 0.545. The van der Waals surface area contributed by atoms with Crippen molar-refractivity contribution in [1.29, 1.82) is 0 Å². The molecule has 1 aromatic heterocycles. The number of nitrogens with zero attached hydrogens (tertiary/aromatic N) is 2. The van der Waals surface area contributed by atoms with Crippen molar-refractivity contribution in [2.24, 2.45) is 0 Å². The number of carbonyl (C=O) groups is 2. The third kappa shape index (κ3) is 3.78. The summed E-state index contributed by atoms with van der Waals surface area (Å²) < 4.78 is 0. The molecular weight excluding hydrogens is 254 g/mol. The van der Waals surface area contributed by atoms with Gasteiger partial charge in [0.25, 0.3) is 0 Å². The van der Waals surface area contributed by atoms with E-state index in [1.54, 1.807) is 0 Å². The molecule has 0 saturated carbocycles. The summed E-state index contributed by atoms with van der Waals surface area (Å²) >= 11 is 1.08.